The Labute approximate surface area is 228 Å². The van der Waals surface area contributed by atoms with Crippen LogP contribution in [0.5, 0.6) is 5.75 Å². The highest BCUT2D eigenvalue weighted by molar-refractivity contribution is 9.10. The van der Waals surface area contributed by atoms with Gasteiger partial charge >= 0.3 is 0 Å². The van der Waals surface area contributed by atoms with Crippen LogP contribution in [0.15, 0.2) is 46.9 Å². The Morgan fingerprint density at radius 2 is 1.76 bits per heavy atom. The normalized spacial score (nSPS) is 15.1. The van der Waals surface area contributed by atoms with Crippen LogP contribution >= 0.6 is 15.9 Å². The first-order valence-electron chi connectivity index (χ1n) is 12.5. The number of halogens is 1. The highest BCUT2D eigenvalue weighted by Gasteiger charge is 2.32. The molecule has 3 rings (SSSR count). The van der Waals surface area contributed by atoms with Crippen molar-refractivity contribution >= 4 is 43.5 Å². The molecule has 1 atom stereocenters. The standard InChI is InChI=1S/C27H36BrN3O5S/c1-19-10-15-25(36-3)24(16-19)31(37(4,34)35)18-26(32)30(17-21-11-13-22(28)14-12-21)20(2)27(33)29-23-8-6-5-7-9-23/h10-16,20,23H,5-9,17-18H2,1-4H3,(H,29,33)/t20-/m0/s1. The summed E-state index contributed by atoms with van der Waals surface area (Å²) in [6.45, 7) is 3.22. The van der Waals surface area contributed by atoms with Crippen LogP contribution in [0, 0.1) is 6.92 Å². The number of aryl methyl sites for hydroxylation is 1. The molecule has 0 saturated heterocycles. The number of methoxy groups -OCH3 is 1. The first-order chi connectivity index (χ1) is 17.5. The lowest BCUT2D eigenvalue weighted by molar-refractivity contribution is -0.139. The van der Waals surface area contributed by atoms with E-state index in [2.05, 4.69) is 21.2 Å². The summed E-state index contributed by atoms with van der Waals surface area (Å²) in [7, 11) is -2.39. The maximum Gasteiger partial charge on any atom is 0.244 e. The number of ether oxygens (including phenoxy) is 1. The van der Waals surface area contributed by atoms with Crippen molar-refractivity contribution in [3.63, 3.8) is 0 Å². The molecular weight excluding hydrogens is 558 g/mol. The second kappa shape index (κ2) is 12.8. The van der Waals surface area contributed by atoms with Gasteiger partial charge < -0.3 is 15.0 Å². The third-order valence-corrected chi connectivity index (χ3v) is 8.32. The number of carbonyl (C=O) groups is 2. The molecule has 1 N–H and O–H groups in total. The number of anilines is 1. The van der Waals surface area contributed by atoms with E-state index in [0.717, 1.165) is 51.8 Å². The molecule has 0 unspecified atom stereocenters. The number of hydrogen-bond donors (Lipinski definition) is 1. The van der Waals surface area contributed by atoms with Gasteiger partial charge in [0.05, 0.1) is 19.1 Å². The van der Waals surface area contributed by atoms with E-state index in [0.29, 0.717) is 5.75 Å². The van der Waals surface area contributed by atoms with E-state index in [-0.39, 0.29) is 24.2 Å². The summed E-state index contributed by atoms with van der Waals surface area (Å²) in [5.41, 5.74) is 1.93. The van der Waals surface area contributed by atoms with Gasteiger partial charge in [0, 0.05) is 17.1 Å². The Balaban J connectivity index is 1.91. The zero-order valence-electron chi connectivity index (χ0n) is 21.9. The average molecular weight is 595 g/mol. The van der Waals surface area contributed by atoms with E-state index >= 15 is 0 Å². The average Bonchev–Trinajstić information content (AvgIpc) is 2.86. The van der Waals surface area contributed by atoms with Crippen LogP contribution in [0.2, 0.25) is 0 Å². The minimum absolute atomic E-state index is 0.0948. The summed E-state index contributed by atoms with van der Waals surface area (Å²) in [5, 5.41) is 3.10. The molecule has 1 aliphatic carbocycles. The monoisotopic (exact) mass is 593 g/mol. The molecule has 0 spiro atoms. The fourth-order valence-electron chi connectivity index (χ4n) is 4.53. The van der Waals surface area contributed by atoms with Crippen LogP contribution in [-0.4, -0.2) is 57.1 Å². The summed E-state index contributed by atoms with van der Waals surface area (Å²) in [4.78, 5) is 28.4. The minimum atomic E-state index is -3.84. The fraction of sp³-hybridized carbons (Fsp3) is 0.481. The topological polar surface area (TPSA) is 96.0 Å². The van der Waals surface area contributed by atoms with Gasteiger partial charge in [-0.05, 0) is 62.1 Å². The number of hydrogen-bond acceptors (Lipinski definition) is 5. The van der Waals surface area contributed by atoms with Crippen LogP contribution in [0.4, 0.5) is 5.69 Å². The Bertz CT molecular complexity index is 1200. The number of nitrogens with zero attached hydrogens (tertiary/aromatic N) is 2. The third-order valence-electron chi connectivity index (χ3n) is 6.67. The number of benzene rings is 2. The van der Waals surface area contributed by atoms with Gasteiger partial charge in [0.2, 0.25) is 21.8 Å². The van der Waals surface area contributed by atoms with Crippen molar-refractivity contribution in [2.24, 2.45) is 0 Å². The molecule has 1 saturated carbocycles. The molecule has 0 heterocycles. The minimum Gasteiger partial charge on any atom is -0.495 e. The molecule has 8 nitrogen and oxygen atoms in total. The van der Waals surface area contributed by atoms with E-state index in [4.69, 9.17) is 4.74 Å². The van der Waals surface area contributed by atoms with Gasteiger partial charge in [-0.25, -0.2) is 8.42 Å². The van der Waals surface area contributed by atoms with Crippen molar-refractivity contribution in [1.29, 1.82) is 0 Å². The summed E-state index contributed by atoms with van der Waals surface area (Å²) < 4.78 is 33.0. The largest absolute Gasteiger partial charge is 0.495 e. The number of sulfonamides is 1. The predicted octanol–water partition coefficient (Wildman–Crippen LogP) is 4.40. The summed E-state index contributed by atoms with van der Waals surface area (Å²) in [5.74, 6) is -0.383. The Kier molecular flexibility index (Phi) is 10.0. The molecule has 2 amide bonds. The van der Waals surface area contributed by atoms with Gasteiger partial charge in [0.1, 0.15) is 18.3 Å². The van der Waals surface area contributed by atoms with Gasteiger partial charge in [-0.2, -0.15) is 0 Å². The lowest BCUT2D eigenvalue weighted by atomic mass is 9.95. The highest BCUT2D eigenvalue weighted by Crippen LogP contribution is 2.31. The molecule has 0 aromatic heterocycles. The maximum absolute atomic E-state index is 13.8. The van der Waals surface area contributed by atoms with E-state index in [1.54, 1.807) is 19.1 Å². The smallest absolute Gasteiger partial charge is 0.244 e. The van der Waals surface area contributed by atoms with Crippen molar-refractivity contribution in [2.45, 2.75) is 64.6 Å². The third kappa shape index (κ3) is 7.95. The molecule has 1 aliphatic rings. The molecule has 0 aliphatic heterocycles. The van der Waals surface area contributed by atoms with Crippen molar-refractivity contribution < 1.29 is 22.7 Å². The maximum atomic E-state index is 13.8. The molecule has 2 aromatic carbocycles. The molecule has 37 heavy (non-hydrogen) atoms. The summed E-state index contributed by atoms with van der Waals surface area (Å²) in [6.07, 6.45) is 6.22. The number of amides is 2. The predicted molar refractivity (Wildman–Crippen MR) is 149 cm³/mol. The Morgan fingerprint density at radius 3 is 2.35 bits per heavy atom. The molecular formula is C27H36BrN3O5S. The summed E-state index contributed by atoms with van der Waals surface area (Å²) in [6, 6.07) is 11.9. The first kappa shape index (κ1) is 29.0. The van der Waals surface area contributed by atoms with Crippen molar-refractivity contribution in [2.75, 3.05) is 24.2 Å². The Hall–Kier alpha value is -2.59. The number of rotatable bonds is 10. The fourth-order valence-corrected chi connectivity index (χ4v) is 5.64. The van der Waals surface area contributed by atoms with Gasteiger partial charge in [0.25, 0.3) is 0 Å². The van der Waals surface area contributed by atoms with Gasteiger partial charge in [-0.1, -0.05) is 53.4 Å². The van der Waals surface area contributed by atoms with Crippen LogP contribution in [0.25, 0.3) is 0 Å². The van der Waals surface area contributed by atoms with Crippen LogP contribution in [-0.2, 0) is 26.2 Å². The molecule has 10 heteroatoms. The van der Waals surface area contributed by atoms with Crippen LogP contribution in [0.3, 0.4) is 0 Å². The van der Waals surface area contributed by atoms with Crippen molar-refractivity contribution in [3.05, 3.63) is 58.1 Å². The second-order valence-electron chi connectivity index (χ2n) is 9.61. The molecule has 0 radical (unpaired) electrons. The SMILES string of the molecule is COc1ccc(C)cc1N(CC(=O)N(Cc1ccc(Br)cc1)[C@@H](C)C(=O)NC1CCCCC1)S(C)(=O)=O. The first-order valence-corrected chi connectivity index (χ1v) is 15.1. The van der Waals surface area contributed by atoms with E-state index in [1.807, 2.05) is 37.3 Å². The second-order valence-corrected chi connectivity index (χ2v) is 12.4. The molecule has 2 aromatic rings. The van der Waals surface area contributed by atoms with Gasteiger partial charge in [0.15, 0.2) is 0 Å². The van der Waals surface area contributed by atoms with E-state index in [9.17, 15) is 18.0 Å². The number of nitrogens with one attached hydrogen (secondary N) is 1. The van der Waals surface area contributed by atoms with Crippen LogP contribution < -0.4 is 14.4 Å². The van der Waals surface area contributed by atoms with Crippen LogP contribution in [0.1, 0.15) is 50.2 Å². The lowest BCUT2D eigenvalue weighted by Crippen LogP contribution is -2.53. The van der Waals surface area contributed by atoms with Crippen molar-refractivity contribution in [3.8, 4) is 5.75 Å². The van der Waals surface area contributed by atoms with Gasteiger partial charge in [-0.3, -0.25) is 13.9 Å². The highest BCUT2D eigenvalue weighted by atomic mass is 79.9. The number of carbonyl (C=O) groups excluding carboxylic acids is 2. The van der Waals surface area contributed by atoms with Gasteiger partial charge in [-0.15, -0.1) is 0 Å². The molecule has 0 bridgehead atoms. The van der Waals surface area contributed by atoms with E-state index in [1.165, 1.54) is 18.4 Å². The zero-order valence-corrected chi connectivity index (χ0v) is 24.3. The van der Waals surface area contributed by atoms with Crippen molar-refractivity contribution in [1.82, 2.24) is 10.2 Å². The quantitative estimate of drug-likeness (QED) is 0.440. The molecule has 1 fully saturated rings. The summed E-state index contributed by atoms with van der Waals surface area (Å²) >= 11 is 3.42. The van der Waals surface area contributed by atoms with E-state index < -0.39 is 28.5 Å². The Morgan fingerprint density at radius 1 is 1.11 bits per heavy atom. The molecule has 202 valence electrons. The lowest BCUT2D eigenvalue weighted by Gasteiger charge is -2.33. The zero-order chi connectivity index (χ0) is 27.2.